The lowest BCUT2D eigenvalue weighted by Crippen LogP contribution is -2.32. The molecule has 3 unspecified atom stereocenters. The van der Waals surface area contributed by atoms with Crippen molar-refractivity contribution in [2.75, 3.05) is 11.9 Å². The number of aliphatic hydroxyl groups excluding tert-OH is 2. The summed E-state index contributed by atoms with van der Waals surface area (Å²) in [5.74, 6) is 0.270. The largest absolute Gasteiger partial charge is 0.394 e. The highest BCUT2D eigenvalue weighted by Gasteiger charge is 2.35. The van der Waals surface area contributed by atoms with Gasteiger partial charge in [0.2, 0.25) is 5.95 Å². The number of amides is 1. The number of fused-ring (bicyclic) bond motifs is 1. The van der Waals surface area contributed by atoms with Crippen molar-refractivity contribution in [2.45, 2.75) is 43.7 Å². The molecule has 1 aromatic carbocycles. The van der Waals surface area contributed by atoms with Crippen molar-refractivity contribution in [3.8, 4) is 11.3 Å². The maximum absolute atomic E-state index is 13.6. The molecule has 1 fully saturated rings. The van der Waals surface area contributed by atoms with Crippen LogP contribution < -0.4 is 5.32 Å². The first-order chi connectivity index (χ1) is 16.3. The molecule has 5 rings (SSSR count). The van der Waals surface area contributed by atoms with E-state index in [1.54, 1.807) is 29.3 Å². The Morgan fingerprint density at radius 2 is 2.09 bits per heavy atom. The highest BCUT2D eigenvalue weighted by Crippen LogP contribution is 2.35. The number of alkyl halides is 1. The summed E-state index contributed by atoms with van der Waals surface area (Å²) in [6.07, 6.45) is 1.27. The molecule has 3 aromatic rings. The highest BCUT2D eigenvalue weighted by molar-refractivity contribution is 6.33. The van der Waals surface area contributed by atoms with Crippen LogP contribution in [0.4, 0.5) is 15.1 Å². The van der Waals surface area contributed by atoms with Crippen LogP contribution in [0.5, 0.6) is 0 Å². The molecule has 1 aliphatic heterocycles. The first kappa shape index (κ1) is 23.0. The molecule has 178 valence electrons. The van der Waals surface area contributed by atoms with Crippen LogP contribution in [0.15, 0.2) is 42.7 Å². The van der Waals surface area contributed by atoms with Gasteiger partial charge in [0.25, 0.3) is 0 Å². The minimum Gasteiger partial charge on any atom is -0.394 e. The zero-order valence-corrected chi connectivity index (χ0v) is 19.4. The van der Waals surface area contributed by atoms with E-state index in [0.717, 1.165) is 11.3 Å². The predicted molar refractivity (Wildman–Crippen MR) is 126 cm³/mol. The van der Waals surface area contributed by atoms with Crippen LogP contribution in [0.3, 0.4) is 0 Å². The summed E-state index contributed by atoms with van der Waals surface area (Å²) in [5, 5.41) is 23.5. The van der Waals surface area contributed by atoms with Crippen LogP contribution >= 0.6 is 23.2 Å². The number of carbonyl (C=O) groups excluding carboxylic acids is 1. The molecule has 0 bridgehead atoms. The van der Waals surface area contributed by atoms with Crippen LogP contribution in [0.25, 0.3) is 11.3 Å². The van der Waals surface area contributed by atoms with Crippen LogP contribution in [0.2, 0.25) is 10.0 Å². The van der Waals surface area contributed by atoms with Gasteiger partial charge in [-0.2, -0.15) is 0 Å². The van der Waals surface area contributed by atoms with Crippen molar-refractivity contribution >= 4 is 35.2 Å². The van der Waals surface area contributed by atoms with Crippen molar-refractivity contribution < 1.29 is 19.4 Å². The van der Waals surface area contributed by atoms with Gasteiger partial charge in [0.15, 0.2) is 0 Å². The number of anilines is 1. The lowest BCUT2D eigenvalue weighted by atomic mass is 10.1. The van der Waals surface area contributed by atoms with Gasteiger partial charge >= 0.3 is 6.03 Å². The zero-order valence-electron chi connectivity index (χ0n) is 17.9. The number of nitrogens with zero attached hydrogens (tertiary/aromatic N) is 4. The SMILES string of the molecule is O=C1N([C@H](CO)c2cccc(Cl)c2)Cc2cc(-c3nc(NC4CC(O)C(F)C4)ncc3Cl)cn21. The Hall–Kier alpha value is -2.72. The van der Waals surface area contributed by atoms with Crippen LogP contribution in [-0.2, 0) is 6.54 Å². The number of nitrogens with one attached hydrogen (secondary N) is 1. The summed E-state index contributed by atoms with van der Waals surface area (Å²) in [6, 6.07) is 7.80. The molecule has 2 aliphatic rings. The second-order valence-corrected chi connectivity index (χ2v) is 9.38. The molecule has 0 radical (unpaired) electrons. The fourth-order valence-electron chi connectivity index (χ4n) is 4.56. The molecule has 1 saturated carbocycles. The summed E-state index contributed by atoms with van der Waals surface area (Å²) in [6.45, 7) is 0.0500. The molecule has 1 aliphatic carbocycles. The van der Waals surface area contributed by atoms with Crippen molar-refractivity contribution in [2.24, 2.45) is 0 Å². The van der Waals surface area contributed by atoms with Crippen molar-refractivity contribution in [3.05, 3.63) is 64.0 Å². The van der Waals surface area contributed by atoms with Gasteiger partial charge < -0.3 is 20.4 Å². The summed E-state index contributed by atoms with van der Waals surface area (Å²) in [4.78, 5) is 23.4. The van der Waals surface area contributed by atoms with Crippen molar-refractivity contribution in [1.29, 1.82) is 0 Å². The summed E-state index contributed by atoms with van der Waals surface area (Å²) in [5.41, 5.74) is 2.54. The van der Waals surface area contributed by atoms with E-state index in [9.17, 15) is 19.4 Å². The van der Waals surface area contributed by atoms with Crippen LogP contribution in [0, 0.1) is 0 Å². The molecular formula is C23H22Cl2FN5O3. The monoisotopic (exact) mass is 505 g/mol. The quantitative estimate of drug-likeness (QED) is 0.467. The van der Waals surface area contributed by atoms with E-state index in [4.69, 9.17) is 23.2 Å². The van der Waals surface area contributed by atoms with Gasteiger partial charge in [-0.1, -0.05) is 35.3 Å². The molecule has 3 N–H and O–H groups in total. The highest BCUT2D eigenvalue weighted by atomic mass is 35.5. The normalized spacial score (nSPS) is 22.8. The number of halogens is 3. The predicted octanol–water partition coefficient (Wildman–Crippen LogP) is 4.04. The minimum atomic E-state index is -1.28. The number of hydrogen-bond acceptors (Lipinski definition) is 6. The average Bonchev–Trinajstić information content (AvgIpc) is 3.45. The Kier molecular flexibility index (Phi) is 6.20. The molecule has 1 amide bonds. The standard InChI is InChI=1S/C23H22Cl2FN5O3/c24-14-3-1-2-12(4-14)19(11-32)31-10-16-5-13(9-30(16)23(31)34)21-17(25)8-27-22(29-21)28-15-6-18(26)20(33)7-15/h1-5,8-9,15,18-20,32-33H,6-7,10-11H2,(H,27,28,29)/t15?,18?,19-,20?/m1/s1. The molecule has 8 nitrogen and oxygen atoms in total. The Morgan fingerprint density at radius 3 is 2.76 bits per heavy atom. The van der Waals surface area contributed by atoms with E-state index in [0.29, 0.717) is 27.8 Å². The van der Waals surface area contributed by atoms with Gasteiger partial charge in [-0.05, 0) is 30.2 Å². The molecule has 0 saturated heterocycles. The van der Waals surface area contributed by atoms with E-state index in [1.165, 1.54) is 10.8 Å². The molecule has 0 spiro atoms. The first-order valence-corrected chi connectivity index (χ1v) is 11.6. The summed E-state index contributed by atoms with van der Waals surface area (Å²) >= 11 is 12.4. The smallest absolute Gasteiger partial charge is 0.329 e. The second kappa shape index (κ2) is 9.14. The van der Waals surface area contributed by atoms with Crippen molar-refractivity contribution in [1.82, 2.24) is 19.4 Å². The van der Waals surface area contributed by atoms with Gasteiger partial charge in [-0.3, -0.25) is 4.57 Å². The fourth-order valence-corrected chi connectivity index (χ4v) is 4.96. The van der Waals surface area contributed by atoms with Gasteiger partial charge in [-0.15, -0.1) is 0 Å². The molecule has 4 atom stereocenters. The van der Waals surface area contributed by atoms with E-state index < -0.39 is 18.3 Å². The third-order valence-corrected chi connectivity index (χ3v) is 6.78. The Labute approximate surface area is 205 Å². The lowest BCUT2D eigenvalue weighted by Gasteiger charge is -2.26. The maximum Gasteiger partial charge on any atom is 0.329 e. The number of rotatable bonds is 6. The van der Waals surface area contributed by atoms with Crippen LogP contribution in [-0.4, -0.2) is 60.6 Å². The van der Waals surface area contributed by atoms with Gasteiger partial charge in [0.1, 0.15) is 6.17 Å². The average molecular weight is 506 g/mol. The summed E-state index contributed by atoms with van der Waals surface area (Å²) < 4.78 is 15.1. The number of hydrogen-bond donors (Lipinski definition) is 3. The van der Waals surface area contributed by atoms with E-state index in [-0.39, 0.29) is 37.5 Å². The number of benzene rings is 1. The molecular weight excluding hydrogens is 484 g/mol. The van der Waals surface area contributed by atoms with E-state index in [1.807, 2.05) is 12.1 Å². The topological polar surface area (TPSA) is 104 Å². The molecule has 3 heterocycles. The molecule has 34 heavy (non-hydrogen) atoms. The third kappa shape index (κ3) is 4.24. The summed E-state index contributed by atoms with van der Waals surface area (Å²) in [7, 11) is 0. The van der Waals surface area contributed by atoms with Gasteiger partial charge in [-0.25, -0.2) is 19.2 Å². The maximum atomic E-state index is 13.6. The minimum absolute atomic E-state index is 0.173. The third-order valence-electron chi connectivity index (χ3n) is 6.27. The van der Waals surface area contributed by atoms with Gasteiger partial charge in [0.05, 0.1) is 42.2 Å². The van der Waals surface area contributed by atoms with Crippen molar-refractivity contribution in [3.63, 3.8) is 0 Å². The Bertz CT molecular complexity index is 1230. The zero-order chi connectivity index (χ0) is 24.0. The lowest BCUT2D eigenvalue weighted by molar-refractivity contribution is 0.103. The second-order valence-electron chi connectivity index (χ2n) is 8.54. The molecule has 11 heteroatoms. The number of aliphatic hydroxyl groups is 2. The number of aromatic nitrogens is 3. The van der Waals surface area contributed by atoms with E-state index >= 15 is 0 Å². The van der Waals surface area contributed by atoms with E-state index in [2.05, 4.69) is 15.3 Å². The van der Waals surface area contributed by atoms with Crippen LogP contribution in [0.1, 0.15) is 30.1 Å². The number of carbonyl (C=O) groups is 1. The molecule has 2 aromatic heterocycles. The van der Waals surface area contributed by atoms with Gasteiger partial charge in [0, 0.05) is 34.9 Å². The Balaban J connectivity index is 1.37. The fraction of sp³-hybridized carbons (Fsp3) is 0.348. The Morgan fingerprint density at radius 1 is 1.26 bits per heavy atom. The first-order valence-electron chi connectivity index (χ1n) is 10.8.